The Morgan fingerprint density at radius 2 is 1.63 bits per heavy atom. The van der Waals surface area contributed by atoms with Crippen molar-refractivity contribution in [1.29, 1.82) is 0 Å². The van der Waals surface area contributed by atoms with Gasteiger partial charge in [0.15, 0.2) is 0 Å². The number of methoxy groups -OCH3 is 1. The fourth-order valence-electron chi connectivity index (χ4n) is 1.65. The van der Waals surface area contributed by atoms with E-state index < -0.39 is 35.4 Å². The lowest BCUT2D eigenvalue weighted by molar-refractivity contribution is -0.342. The van der Waals surface area contributed by atoms with Gasteiger partial charge in [-0.2, -0.15) is 30.7 Å². The van der Waals surface area contributed by atoms with E-state index in [9.17, 15) is 40.3 Å². The first kappa shape index (κ1) is 22.3. The van der Waals surface area contributed by atoms with E-state index >= 15 is 0 Å². The fraction of sp³-hybridized carbons (Fsp3) is 0.333. The standard InChI is InChI=1S/C15H13F7N2O3/c1-8(6-11(25)13(16,17)14(18,19)15(20,21)22)23-24-12(26)9-4-3-5-10(7-9)27-2/h3-7,23H,1-2H3,(H,24,26). The van der Waals surface area contributed by atoms with E-state index in [1.165, 1.54) is 31.4 Å². The molecule has 0 saturated carbocycles. The molecular formula is C15H13F7N2O3. The molecule has 1 aromatic carbocycles. The fourth-order valence-corrected chi connectivity index (χ4v) is 1.65. The van der Waals surface area contributed by atoms with Crippen molar-refractivity contribution < 1.29 is 45.1 Å². The Bertz CT molecular complexity index is 745. The minimum Gasteiger partial charge on any atom is -0.497 e. The number of hydrogen-bond acceptors (Lipinski definition) is 4. The van der Waals surface area contributed by atoms with Crippen LogP contribution in [-0.2, 0) is 4.79 Å². The van der Waals surface area contributed by atoms with Crippen molar-refractivity contribution in [2.75, 3.05) is 7.11 Å². The van der Waals surface area contributed by atoms with Gasteiger partial charge in [-0.1, -0.05) is 6.07 Å². The van der Waals surface area contributed by atoms with E-state index in [-0.39, 0.29) is 11.6 Å². The molecule has 0 bridgehead atoms. The van der Waals surface area contributed by atoms with Crippen LogP contribution in [0.25, 0.3) is 0 Å². The SMILES string of the molecule is COc1cccc(C(=O)NNC(C)=CC(=O)C(F)(F)C(F)(F)C(F)(F)F)c1. The maximum absolute atomic E-state index is 13.2. The van der Waals surface area contributed by atoms with Crippen LogP contribution in [-0.4, -0.2) is 36.8 Å². The summed E-state index contributed by atoms with van der Waals surface area (Å²) in [6, 6.07) is 5.64. The smallest absolute Gasteiger partial charge is 0.460 e. The summed E-state index contributed by atoms with van der Waals surface area (Å²) >= 11 is 0. The number of ketones is 1. The van der Waals surface area contributed by atoms with Crippen LogP contribution in [0.15, 0.2) is 36.0 Å². The lowest BCUT2D eigenvalue weighted by atomic mass is 10.1. The molecule has 0 saturated heterocycles. The van der Waals surface area contributed by atoms with Gasteiger partial charge < -0.3 is 10.2 Å². The molecule has 150 valence electrons. The van der Waals surface area contributed by atoms with E-state index in [1.54, 1.807) is 0 Å². The van der Waals surface area contributed by atoms with Crippen molar-refractivity contribution in [2.24, 2.45) is 0 Å². The van der Waals surface area contributed by atoms with Crippen molar-refractivity contribution in [3.8, 4) is 5.75 Å². The highest BCUT2D eigenvalue weighted by Gasteiger charge is 2.75. The number of nitrogens with one attached hydrogen (secondary N) is 2. The van der Waals surface area contributed by atoms with Crippen molar-refractivity contribution in [3.63, 3.8) is 0 Å². The first-order valence-electron chi connectivity index (χ1n) is 6.99. The van der Waals surface area contributed by atoms with E-state index in [0.717, 1.165) is 6.92 Å². The molecule has 0 aliphatic heterocycles. The van der Waals surface area contributed by atoms with Crippen LogP contribution in [0, 0.1) is 0 Å². The zero-order chi connectivity index (χ0) is 21.0. The van der Waals surface area contributed by atoms with Crippen LogP contribution in [0.5, 0.6) is 5.75 Å². The largest absolute Gasteiger partial charge is 0.497 e. The van der Waals surface area contributed by atoms with Gasteiger partial charge in [0.05, 0.1) is 7.11 Å². The Labute approximate surface area is 148 Å². The van der Waals surface area contributed by atoms with Gasteiger partial charge in [0, 0.05) is 17.3 Å². The van der Waals surface area contributed by atoms with Gasteiger partial charge in [0.1, 0.15) is 5.75 Å². The summed E-state index contributed by atoms with van der Waals surface area (Å²) in [5, 5.41) is 0. The third-order valence-corrected chi connectivity index (χ3v) is 3.11. The second-order valence-electron chi connectivity index (χ2n) is 5.15. The second kappa shape index (κ2) is 7.84. The molecular weight excluding hydrogens is 389 g/mol. The molecule has 27 heavy (non-hydrogen) atoms. The Balaban J connectivity index is 2.84. The summed E-state index contributed by atoms with van der Waals surface area (Å²) < 4.78 is 93.0. The molecule has 0 aromatic heterocycles. The maximum atomic E-state index is 13.2. The quantitative estimate of drug-likeness (QED) is 0.418. The highest BCUT2D eigenvalue weighted by Crippen LogP contribution is 2.47. The van der Waals surface area contributed by atoms with Gasteiger partial charge in [-0.3, -0.25) is 15.0 Å². The van der Waals surface area contributed by atoms with E-state index in [2.05, 4.69) is 0 Å². The average molecular weight is 402 g/mol. The number of alkyl halides is 7. The summed E-state index contributed by atoms with van der Waals surface area (Å²) in [6.07, 6.45) is -6.80. The molecule has 2 N–H and O–H groups in total. The average Bonchev–Trinajstić information content (AvgIpc) is 2.58. The van der Waals surface area contributed by atoms with Gasteiger partial charge in [-0.15, -0.1) is 0 Å². The molecule has 0 atom stereocenters. The van der Waals surface area contributed by atoms with Crippen LogP contribution in [0.1, 0.15) is 17.3 Å². The number of halogens is 7. The molecule has 12 heteroatoms. The topological polar surface area (TPSA) is 67.4 Å². The molecule has 0 aliphatic carbocycles. The van der Waals surface area contributed by atoms with Gasteiger partial charge in [0.25, 0.3) is 5.91 Å². The second-order valence-corrected chi connectivity index (χ2v) is 5.15. The Morgan fingerprint density at radius 1 is 1.04 bits per heavy atom. The number of carbonyl (C=O) groups is 2. The predicted molar refractivity (Wildman–Crippen MR) is 78.3 cm³/mol. The molecule has 0 radical (unpaired) electrons. The van der Waals surface area contributed by atoms with Gasteiger partial charge in [-0.25, -0.2) is 0 Å². The van der Waals surface area contributed by atoms with E-state index in [4.69, 9.17) is 4.74 Å². The van der Waals surface area contributed by atoms with Crippen molar-refractivity contribution in [3.05, 3.63) is 41.6 Å². The molecule has 5 nitrogen and oxygen atoms in total. The molecule has 0 fully saturated rings. The van der Waals surface area contributed by atoms with E-state index in [0.29, 0.717) is 5.75 Å². The molecule has 0 aliphatic rings. The molecule has 0 heterocycles. The zero-order valence-corrected chi connectivity index (χ0v) is 13.8. The highest BCUT2D eigenvalue weighted by molar-refractivity contribution is 5.97. The number of ether oxygens (including phenoxy) is 1. The van der Waals surface area contributed by atoms with Crippen molar-refractivity contribution >= 4 is 11.7 Å². The third kappa shape index (κ3) is 4.89. The van der Waals surface area contributed by atoms with Crippen LogP contribution in [0.3, 0.4) is 0 Å². The molecule has 0 unspecified atom stereocenters. The van der Waals surface area contributed by atoms with Gasteiger partial charge in [0.2, 0.25) is 5.78 Å². The zero-order valence-electron chi connectivity index (χ0n) is 13.8. The molecule has 0 spiro atoms. The van der Waals surface area contributed by atoms with Gasteiger partial charge >= 0.3 is 18.0 Å². The summed E-state index contributed by atoms with van der Waals surface area (Å²) in [5.74, 6) is -15.9. The third-order valence-electron chi connectivity index (χ3n) is 3.11. The summed E-state index contributed by atoms with van der Waals surface area (Å²) in [4.78, 5) is 23.0. The first-order valence-corrected chi connectivity index (χ1v) is 6.99. The molecule has 1 rings (SSSR count). The Kier molecular flexibility index (Phi) is 6.46. The number of rotatable bonds is 7. The van der Waals surface area contributed by atoms with Gasteiger partial charge in [-0.05, 0) is 25.1 Å². The van der Waals surface area contributed by atoms with E-state index in [1.807, 2.05) is 10.9 Å². The molecule has 1 aromatic rings. The Hall–Kier alpha value is -2.79. The number of hydrogen-bond donors (Lipinski definition) is 2. The first-order chi connectivity index (χ1) is 12.2. The number of benzene rings is 1. The lowest BCUT2D eigenvalue weighted by Gasteiger charge is -2.26. The minimum absolute atomic E-state index is 0.0508. The predicted octanol–water partition coefficient (Wildman–Crippen LogP) is 3.24. The maximum Gasteiger partial charge on any atom is 0.460 e. The molecule has 1 amide bonds. The van der Waals surface area contributed by atoms with Crippen LogP contribution in [0.4, 0.5) is 30.7 Å². The van der Waals surface area contributed by atoms with Crippen molar-refractivity contribution in [1.82, 2.24) is 10.9 Å². The van der Waals surface area contributed by atoms with Crippen LogP contribution >= 0.6 is 0 Å². The summed E-state index contributed by atoms with van der Waals surface area (Å²) in [6.45, 7) is 0.894. The number of amides is 1. The minimum atomic E-state index is -6.62. The Morgan fingerprint density at radius 3 is 2.15 bits per heavy atom. The van der Waals surface area contributed by atoms with Crippen molar-refractivity contribution in [2.45, 2.75) is 24.9 Å². The number of allylic oxidation sites excluding steroid dienone is 2. The normalized spacial score (nSPS) is 13.1. The number of hydrazine groups is 1. The van der Waals surface area contributed by atoms with Crippen LogP contribution < -0.4 is 15.6 Å². The summed E-state index contributed by atoms with van der Waals surface area (Å²) in [5.41, 5.74) is 3.36. The monoisotopic (exact) mass is 402 g/mol. The van der Waals surface area contributed by atoms with Crippen LogP contribution in [0.2, 0.25) is 0 Å². The lowest BCUT2D eigenvalue weighted by Crippen LogP contribution is -2.55. The number of carbonyl (C=O) groups excluding carboxylic acids is 2. The highest BCUT2D eigenvalue weighted by atomic mass is 19.4. The summed E-state index contributed by atoms with van der Waals surface area (Å²) in [7, 11) is 1.34.